The van der Waals surface area contributed by atoms with Crippen LogP contribution in [-0.4, -0.2) is 40.8 Å². The molecule has 5 nitrogen and oxygen atoms in total. The quantitative estimate of drug-likeness (QED) is 0.286. The summed E-state index contributed by atoms with van der Waals surface area (Å²) in [6, 6.07) is 0. The fourth-order valence-corrected chi connectivity index (χ4v) is 2.93. The summed E-state index contributed by atoms with van der Waals surface area (Å²) in [5.74, 6) is 2.44. The highest BCUT2D eigenvalue weighted by atomic mass is 127. The molecule has 0 aromatic carbocycles. The van der Waals surface area contributed by atoms with E-state index in [1.807, 2.05) is 11.7 Å². The first-order valence-corrected chi connectivity index (χ1v) is 9.03. The number of aromatic nitrogens is 2. The number of halogens is 1. The number of nitrogens with zero attached hydrogens (tertiary/aromatic N) is 4. The van der Waals surface area contributed by atoms with Crippen molar-refractivity contribution in [1.82, 2.24) is 20.0 Å². The van der Waals surface area contributed by atoms with Crippen molar-refractivity contribution in [3.8, 4) is 0 Å². The van der Waals surface area contributed by atoms with Crippen molar-refractivity contribution in [3.63, 3.8) is 0 Å². The second kappa shape index (κ2) is 10.3. The van der Waals surface area contributed by atoms with Gasteiger partial charge in [-0.05, 0) is 31.6 Å². The second-order valence-corrected chi connectivity index (χ2v) is 7.05. The van der Waals surface area contributed by atoms with Gasteiger partial charge in [0.05, 0.1) is 5.69 Å². The minimum absolute atomic E-state index is 0. The van der Waals surface area contributed by atoms with Gasteiger partial charge in [0, 0.05) is 45.5 Å². The molecule has 1 N–H and O–H groups in total. The first-order chi connectivity index (χ1) is 11.0. The Balaban J connectivity index is 0.00000288. The van der Waals surface area contributed by atoms with Crippen molar-refractivity contribution in [2.75, 3.05) is 20.1 Å². The molecule has 0 amide bonds. The van der Waals surface area contributed by atoms with E-state index in [1.54, 1.807) is 0 Å². The first-order valence-electron chi connectivity index (χ1n) is 9.03. The van der Waals surface area contributed by atoms with Crippen LogP contribution in [0.25, 0.3) is 0 Å². The van der Waals surface area contributed by atoms with Crippen molar-refractivity contribution in [1.29, 1.82) is 0 Å². The highest BCUT2D eigenvalue weighted by molar-refractivity contribution is 14.0. The number of hydrogen-bond acceptors (Lipinski definition) is 2. The zero-order valence-corrected chi connectivity index (χ0v) is 18.2. The Morgan fingerprint density at radius 1 is 1.46 bits per heavy atom. The van der Waals surface area contributed by atoms with Crippen LogP contribution in [0.15, 0.2) is 11.2 Å². The van der Waals surface area contributed by atoms with Gasteiger partial charge in [0.2, 0.25) is 0 Å². The zero-order valence-electron chi connectivity index (χ0n) is 15.9. The largest absolute Gasteiger partial charge is 0.357 e. The fourth-order valence-electron chi connectivity index (χ4n) is 2.93. The Hall–Kier alpha value is -0.790. The maximum atomic E-state index is 4.79. The van der Waals surface area contributed by atoms with Crippen molar-refractivity contribution < 1.29 is 0 Å². The molecule has 0 spiro atoms. The molecule has 1 aliphatic carbocycles. The Morgan fingerprint density at radius 2 is 2.17 bits per heavy atom. The molecule has 138 valence electrons. The number of nitrogens with one attached hydrogen (secondary N) is 1. The topological polar surface area (TPSA) is 45.5 Å². The maximum absolute atomic E-state index is 4.79. The summed E-state index contributed by atoms with van der Waals surface area (Å²) in [7, 11) is 4.10. The summed E-state index contributed by atoms with van der Waals surface area (Å²) in [6.45, 7) is 9.18. The van der Waals surface area contributed by atoms with E-state index in [-0.39, 0.29) is 24.0 Å². The molecule has 6 heteroatoms. The van der Waals surface area contributed by atoms with Crippen LogP contribution in [-0.2, 0) is 13.6 Å². The lowest BCUT2D eigenvalue weighted by Gasteiger charge is -2.22. The van der Waals surface area contributed by atoms with Crippen LogP contribution >= 0.6 is 24.0 Å². The molecule has 1 heterocycles. The SMILES string of the molecule is CCNC(=NCCCC1CC1)N(C)Cc1cn(C)nc1C(C)C.I. The molecule has 1 fully saturated rings. The summed E-state index contributed by atoms with van der Waals surface area (Å²) in [4.78, 5) is 7.01. The molecule has 1 aliphatic rings. The van der Waals surface area contributed by atoms with Gasteiger partial charge in [0.1, 0.15) is 0 Å². The molecule has 2 rings (SSSR count). The predicted molar refractivity (Wildman–Crippen MR) is 112 cm³/mol. The molecule has 1 aromatic rings. The highest BCUT2D eigenvalue weighted by Crippen LogP contribution is 2.33. The van der Waals surface area contributed by atoms with Gasteiger partial charge in [0.15, 0.2) is 5.96 Å². The maximum Gasteiger partial charge on any atom is 0.193 e. The number of aryl methyl sites for hydroxylation is 1. The zero-order chi connectivity index (χ0) is 16.8. The molecular weight excluding hydrogens is 413 g/mol. The Bertz CT molecular complexity index is 519. The molecule has 24 heavy (non-hydrogen) atoms. The van der Waals surface area contributed by atoms with E-state index >= 15 is 0 Å². The molecule has 0 unspecified atom stereocenters. The normalized spacial score (nSPS) is 14.7. The van der Waals surface area contributed by atoms with Crippen molar-refractivity contribution in [3.05, 3.63) is 17.5 Å². The van der Waals surface area contributed by atoms with Gasteiger partial charge < -0.3 is 10.2 Å². The van der Waals surface area contributed by atoms with Crippen LogP contribution in [0, 0.1) is 5.92 Å². The van der Waals surface area contributed by atoms with E-state index in [2.05, 4.69) is 49.3 Å². The minimum atomic E-state index is 0. The van der Waals surface area contributed by atoms with Gasteiger partial charge in [-0.25, -0.2) is 0 Å². The minimum Gasteiger partial charge on any atom is -0.357 e. The third kappa shape index (κ3) is 6.61. The van der Waals surface area contributed by atoms with E-state index in [9.17, 15) is 0 Å². The number of guanidine groups is 1. The van der Waals surface area contributed by atoms with Gasteiger partial charge in [-0.2, -0.15) is 5.10 Å². The predicted octanol–water partition coefficient (Wildman–Crippen LogP) is 3.75. The Kier molecular flexibility index (Phi) is 9.08. The summed E-state index contributed by atoms with van der Waals surface area (Å²) >= 11 is 0. The smallest absolute Gasteiger partial charge is 0.193 e. The molecule has 0 atom stereocenters. The molecular formula is C18H34IN5. The summed E-state index contributed by atoms with van der Waals surface area (Å²) in [5.41, 5.74) is 2.47. The molecule has 1 saturated carbocycles. The monoisotopic (exact) mass is 447 g/mol. The van der Waals surface area contributed by atoms with Gasteiger partial charge in [-0.15, -0.1) is 24.0 Å². The van der Waals surface area contributed by atoms with E-state index in [4.69, 9.17) is 4.99 Å². The van der Waals surface area contributed by atoms with Crippen LogP contribution in [0.4, 0.5) is 0 Å². The molecule has 0 aliphatic heterocycles. The van der Waals surface area contributed by atoms with Crippen LogP contribution in [0.3, 0.4) is 0 Å². The van der Waals surface area contributed by atoms with Crippen molar-refractivity contribution in [2.24, 2.45) is 18.0 Å². The average Bonchev–Trinajstić information content (AvgIpc) is 3.24. The summed E-state index contributed by atoms with van der Waals surface area (Å²) < 4.78 is 1.91. The molecule has 0 bridgehead atoms. The summed E-state index contributed by atoms with van der Waals surface area (Å²) in [5, 5.41) is 8.01. The van der Waals surface area contributed by atoms with E-state index < -0.39 is 0 Å². The number of rotatable bonds is 8. The van der Waals surface area contributed by atoms with Gasteiger partial charge in [0.25, 0.3) is 0 Å². The lowest BCUT2D eigenvalue weighted by atomic mass is 10.1. The van der Waals surface area contributed by atoms with Crippen molar-refractivity contribution in [2.45, 2.75) is 58.9 Å². The van der Waals surface area contributed by atoms with Crippen LogP contribution in [0.1, 0.15) is 63.6 Å². The Labute approximate surface area is 164 Å². The third-order valence-corrected chi connectivity index (χ3v) is 4.32. The van der Waals surface area contributed by atoms with E-state index in [1.165, 1.54) is 36.9 Å². The van der Waals surface area contributed by atoms with E-state index in [0.717, 1.165) is 31.5 Å². The van der Waals surface area contributed by atoms with Gasteiger partial charge >= 0.3 is 0 Å². The number of aliphatic imine (C=N–C) groups is 1. The third-order valence-electron chi connectivity index (χ3n) is 4.32. The molecule has 1 aromatic heterocycles. The first kappa shape index (κ1) is 21.3. The Morgan fingerprint density at radius 3 is 2.75 bits per heavy atom. The summed E-state index contributed by atoms with van der Waals surface area (Å²) in [6.07, 6.45) is 7.54. The van der Waals surface area contributed by atoms with Gasteiger partial charge in [-0.3, -0.25) is 9.67 Å². The average molecular weight is 447 g/mol. The molecule has 0 radical (unpaired) electrons. The standard InChI is InChI=1S/C18H33N5.HI/c1-6-19-18(20-11-7-8-15-9-10-15)22(4)12-16-13-23(5)21-17(16)14(2)3;/h13-15H,6-12H2,1-5H3,(H,19,20);1H. The number of hydrogen-bond donors (Lipinski definition) is 1. The van der Waals surface area contributed by atoms with Crippen LogP contribution < -0.4 is 5.32 Å². The van der Waals surface area contributed by atoms with Crippen molar-refractivity contribution >= 4 is 29.9 Å². The lowest BCUT2D eigenvalue weighted by Crippen LogP contribution is -2.38. The van der Waals surface area contributed by atoms with Gasteiger partial charge in [-0.1, -0.05) is 26.7 Å². The lowest BCUT2D eigenvalue weighted by molar-refractivity contribution is 0.472. The van der Waals surface area contributed by atoms with E-state index in [0.29, 0.717) is 5.92 Å². The van der Waals surface area contributed by atoms with Crippen LogP contribution in [0.2, 0.25) is 0 Å². The van der Waals surface area contributed by atoms with Crippen LogP contribution in [0.5, 0.6) is 0 Å². The highest BCUT2D eigenvalue weighted by Gasteiger charge is 2.20. The second-order valence-electron chi connectivity index (χ2n) is 7.05. The molecule has 0 saturated heterocycles. The fraction of sp³-hybridized carbons (Fsp3) is 0.778.